The number of hydrogen-bond acceptors (Lipinski definition) is 2. The molecule has 2 radical (unpaired) electrons. The molecular formula is C7H15BO2. The van der Waals surface area contributed by atoms with Gasteiger partial charge in [-0.2, -0.15) is 0 Å². The third-order valence-electron chi connectivity index (χ3n) is 1.67. The van der Waals surface area contributed by atoms with E-state index in [9.17, 15) is 5.11 Å². The molecule has 0 rings (SSSR count). The average Bonchev–Trinajstić information content (AvgIpc) is 1.89. The van der Waals surface area contributed by atoms with Crippen molar-refractivity contribution in [1.82, 2.24) is 0 Å². The third-order valence-corrected chi connectivity index (χ3v) is 1.67. The Morgan fingerprint density at radius 1 is 1.60 bits per heavy atom. The van der Waals surface area contributed by atoms with Crippen molar-refractivity contribution in [2.75, 3.05) is 0 Å². The summed E-state index contributed by atoms with van der Waals surface area (Å²) < 4.78 is 4.60. The van der Waals surface area contributed by atoms with E-state index in [0.717, 1.165) is 12.8 Å². The van der Waals surface area contributed by atoms with Gasteiger partial charge in [-0.15, -0.1) is 0 Å². The van der Waals surface area contributed by atoms with Gasteiger partial charge in [0.15, 0.2) is 0 Å². The van der Waals surface area contributed by atoms with Gasteiger partial charge in [0.25, 0.3) is 8.05 Å². The quantitative estimate of drug-likeness (QED) is 0.594. The van der Waals surface area contributed by atoms with E-state index in [0.29, 0.717) is 0 Å². The van der Waals surface area contributed by atoms with E-state index in [1.165, 1.54) is 0 Å². The molecule has 0 saturated carbocycles. The smallest absolute Gasteiger partial charge is 0.283 e. The Balaban J connectivity index is 3.78. The predicted molar refractivity (Wildman–Crippen MR) is 41.8 cm³/mol. The highest BCUT2D eigenvalue weighted by atomic mass is 16.5. The number of aliphatic hydroxyl groups excluding tert-OH is 1. The van der Waals surface area contributed by atoms with Crippen LogP contribution >= 0.6 is 0 Å². The molecule has 58 valence electrons. The molecule has 0 aromatic heterocycles. The first-order chi connectivity index (χ1) is 4.54. The van der Waals surface area contributed by atoms with Crippen LogP contribution in [0.1, 0.15) is 33.6 Å². The number of rotatable bonds is 4. The van der Waals surface area contributed by atoms with Crippen molar-refractivity contribution in [2.24, 2.45) is 0 Å². The fourth-order valence-corrected chi connectivity index (χ4v) is 0.700. The lowest BCUT2D eigenvalue weighted by molar-refractivity contribution is -0.0279. The van der Waals surface area contributed by atoms with Crippen molar-refractivity contribution in [1.29, 1.82) is 0 Å². The summed E-state index contributed by atoms with van der Waals surface area (Å²) in [5, 5.41) is 9.37. The second-order valence-electron chi connectivity index (χ2n) is 3.03. The zero-order chi connectivity index (χ0) is 8.20. The summed E-state index contributed by atoms with van der Waals surface area (Å²) in [6.45, 7) is 5.55. The molecule has 1 unspecified atom stereocenters. The maximum Gasteiger partial charge on any atom is 0.283 e. The maximum atomic E-state index is 9.37. The minimum absolute atomic E-state index is 0.470. The molecule has 0 saturated heterocycles. The van der Waals surface area contributed by atoms with Gasteiger partial charge >= 0.3 is 0 Å². The Kier molecular flexibility index (Phi) is 3.98. The zero-order valence-electron chi connectivity index (χ0n) is 6.92. The lowest BCUT2D eigenvalue weighted by Gasteiger charge is -2.29. The van der Waals surface area contributed by atoms with Crippen LogP contribution in [0.25, 0.3) is 0 Å². The Labute approximate surface area is 64.0 Å². The third kappa shape index (κ3) is 2.71. The molecule has 10 heavy (non-hydrogen) atoms. The first-order valence-corrected chi connectivity index (χ1v) is 3.60. The SMILES string of the molecule is [B]OC(C)(C)C(O)CCC. The molecule has 0 aliphatic carbocycles. The Hall–Kier alpha value is -0.0151. The first-order valence-electron chi connectivity index (χ1n) is 3.60. The van der Waals surface area contributed by atoms with Gasteiger partial charge in [-0.3, -0.25) is 0 Å². The second kappa shape index (κ2) is 3.99. The van der Waals surface area contributed by atoms with Gasteiger partial charge in [-0.25, -0.2) is 0 Å². The molecule has 0 aliphatic heterocycles. The van der Waals surface area contributed by atoms with E-state index >= 15 is 0 Å². The Morgan fingerprint density at radius 3 is 2.40 bits per heavy atom. The van der Waals surface area contributed by atoms with Crippen molar-refractivity contribution >= 4 is 8.05 Å². The number of aliphatic hydroxyl groups is 1. The minimum atomic E-state index is -0.615. The van der Waals surface area contributed by atoms with Gasteiger partial charge in [-0.05, 0) is 20.3 Å². The second-order valence-corrected chi connectivity index (χ2v) is 3.03. The fraction of sp³-hybridized carbons (Fsp3) is 1.00. The van der Waals surface area contributed by atoms with Crippen molar-refractivity contribution in [3.63, 3.8) is 0 Å². The lowest BCUT2D eigenvalue weighted by Crippen LogP contribution is -2.38. The summed E-state index contributed by atoms with van der Waals surface area (Å²) in [5.41, 5.74) is -0.615. The molecule has 2 nitrogen and oxygen atoms in total. The molecule has 0 aromatic carbocycles. The summed E-state index contributed by atoms with van der Waals surface area (Å²) in [4.78, 5) is 0. The molecule has 0 fully saturated rings. The minimum Gasteiger partial charge on any atom is -0.440 e. The van der Waals surface area contributed by atoms with Gasteiger partial charge in [0, 0.05) is 0 Å². The molecule has 0 aromatic rings. The van der Waals surface area contributed by atoms with Crippen LogP contribution in [0.5, 0.6) is 0 Å². The van der Waals surface area contributed by atoms with Crippen molar-refractivity contribution in [2.45, 2.75) is 45.3 Å². The molecule has 0 heterocycles. The van der Waals surface area contributed by atoms with Crippen LogP contribution in [0.2, 0.25) is 0 Å². The largest absolute Gasteiger partial charge is 0.440 e. The van der Waals surface area contributed by atoms with Gasteiger partial charge in [-0.1, -0.05) is 13.3 Å². The molecule has 0 bridgehead atoms. The van der Waals surface area contributed by atoms with Gasteiger partial charge in [0.2, 0.25) is 0 Å². The van der Waals surface area contributed by atoms with Gasteiger partial charge in [0.1, 0.15) is 0 Å². The summed E-state index contributed by atoms with van der Waals surface area (Å²) in [7, 11) is 4.98. The average molecular weight is 142 g/mol. The molecule has 0 aliphatic rings. The Bertz CT molecular complexity index is 93.6. The summed E-state index contributed by atoms with van der Waals surface area (Å²) in [6.07, 6.45) is 1.19. The van der Waals surface area contributed by atoms with E-state index in [2.05, 4.69) is 4.65 Å². The normalized spacial score (nSPS) is 15.2. The topological polar surface area (TPSA) is 29.5 Å². The van der Waals surface area contributed by atoms with Crippen LogP contribution in [0.3, 0.4) is 0 Å². The lowest BCUT2D eigenvalue weighted by atomic mass is 9.97. The van der Waals surface area contributed by atoms with Crippen molar-refractivity contribution in [3.05, 3.63) is 0 Å². The molecule has 3 heteroatoms. The van der Waals surface area contributed by atoms with E-state index in [1.54, 1.807) is 13.8 Å². The van der Waals surface area contributed by atoms with Crippen LogP contribution < -0.4 is 0 Å². The molecule has 0 spiro atoms. The highest BCUT2D eigenvalue weighted by molar-refractivity contribution is 5.98. The maximum absolute atomic E-state index is 9.37. The highest BCUT2D eigenvalue weighted by Crippen LogP contribution is 2.16. The standard InChI is InChI=1S/C7H15BO2/c1-4-5-6(9)7(2,3)10-8/h6,9H,4-5H2,1-3H3. The Morgan fingerprint density at radius 2 is 2.10 bits per heavy atom. The van der Waals surface area contributed by atoms with Crippen LogP contribution in [0.15, 0.2) is 0 Å². The van der Waals surface area contributed by atoms with Gasteiger partial charge < -0.3 is 9.76 Å². The predicted octanol–water partition coefficient (Wildman–Crippen LogP) is 1.03. The fourth-order valence-electron chi connectivity index (χ4n) is 0.700. The monoisotopic (exact) mass is 142 g/mol. The molecule has 1 N–H and O–H groups in total. The van der Waals surface area contributed by atoms with Crippen molar-refractivity contribution in [3.8, 4) is 0 Å². The van der Waals surface area contributed by atoms with E-state index in [-0.39, 0.29) is 0 Å². The zero-order valence-corrected chi connectivity index (χ0v) is 6.92. The summed E-state index contributed by atoms with van der Waals surface area (Å²) >= 11 is 0. The van der Waals surface area contributed by atoms with Crippen LogP contribution in [0.4, 0.5) is 0 Å². The van der Waals surface area contributed by atoms with Crippen LogP contribution in [-0.4, -0.2) is 24.9 Å². The molecule has 1 atom stereocenters. The molecular weight excluding hydrogens is 127 g/mol. The first kappa shape index (κ1) is 9.98. The van der Waals surface area contributed by atoms with E-state index < -0.39 is 11.7 Å². The van der Waals surface area contributed by atoms with E-state index in [1.807, 2.05) is 6.92 Å². The highest BCUT2D eigenvalue weighted by Gasteiger charge is 2.25. The molecule has 0 amide bonds. The summed E-state index contributed by atoms with van der Waals surface area (Å²) in [6, 6.07) is 0. The van der Waals surface area contributed by atoms with Crippen LogP contribution in [0, 0.1) is 0 Å². The van der Waals surface area contributed by atoms with Gasteiger partial charge in [0.05, 0.1) is 11.7 Å². The van der Waals surface area contributed by atoms with Crippen molar-refractivity contribution < 1.29 is 9.76 Å². The number of hydrogen-bond donors (Lipinski definition) is 1. The summed E-state index contributed by atoms with van der Waals surface area (Å²) in [5.74, 6) is 0. The van der Waals surface area contributed by atoms with E-state index in [4.69, 9.17) is 8.05 Å². The van der Waals surface area contributed by atoms with Crippen LogP contribution in [-0.2, 0) is 4.65 Å².